The van der Waals surface area contributed by atoms with Crippen LogP contribution in [0.4, 0.5) is 5.69 Å². The molecule has 1 atom stereocenters. The van der Waals surface area contributed by atoms with Crippen molar-refractivity contribution in [1.29, 1.82) is 0 Å². The number of aliphatic imine (C=N–C) groups is 1. The van der Waals surface area contributed by atoms with E-state index in [0.29, 0.717) is 5.25 Å². The lowest BCUT2D eigenvalue weighted by molar-refractivity contribution is 0.575. The number of nitrogens with zero attached hydrogens (tertiary/aromatic N) is 1. The van der Waals surface area contributed by atoms with Crippen LogP contribution in [0.3, 0.4) is 0 Å². The lowest BCUT2D eigenvalue weighted by atomic mass is 10.1. The second-order valence-corrected chi connectivity index (χ2v) is 7.18. The van der Waals surface area contributed by atoms with Crippen LogP contribution in [0.1, 0.15) is 20.3 Å². The van der Waals surface area contributed by atoms with Gasteiger partial charge in [0.25, 0.3) is 0 Å². The fourth-order valence-corrected chi connectivity index (χ4v) is 3.42. The number of thioether (sulfide) groups is 1. The van der Waals surface area contributed by atoms with E-state index in [0.717, 1.165) is 23.3 Å². The summed E-state index contributed by atoms with van der Waals surface area (Å²) in [5.74, 6) is 0.750. The van der Waals surface area contributed by atoms with Crippen LogP contribution < -0.4 is 5.32 Å². The normalized spacial score (nSPS) is 19.5. The first-order valence-electron chi connectivity index (χ1n) is 5.87. The number of anilines is 1. The molecule has 1 unspecified atom stereocenters. The van der Waals surface area contributed by atoms with E-state index in [2.05, 4.69) is 71.0 Å². The van der Waals surface area contributed by atoms with Crippen LogP contribution in [0.15, 0.2) is 29.3 Å². The number of benzene rings is 1. The Morgan fingerprint density at radius 3 is 2.76 bits per heavy atom. The minimum Gasteiger partial charge on any atom is -0.335 e. The zero-order valence-electron chi connectivity index (χ0n) is 10.1. The number of rotatable bonds is 3. The molecular weight excluding hydrogens is 343 g/mol. The van der Waals surface area contributed by atoms with E-state index in [1.54, 1.807) is 0 Å². The first-order valence-corrected chi connectivity index (χ1v) is 7.83. The van der Waals surface area contributed by atoms with Crippen molar-refractivity contribution in [1.82, 2.24) is 0 Å². The van der Waals surface area contributed by atoms with Crippen LogP contribution in [-0.4, -0.2) is 17.0 Å². The van der Waals surface area contributed by atoms with Gasteiger partial charge in [0.1, 0.15) is 0 Å². The highest BCUT2D eigenvalue weighted by Crippen LogP contribution is 2.27. The highest BCUT2D eigenvalue weighted by molar-refractivity contribution is 14.1. The molecule has 1 aliphatic rings. The molecule has 4 heteroatoms. The summed E-state index contributed by atoms with van der Waals surface area (Å²) in [5.41, 5.74) is 1.13. The summed E-state index contributed by atoms with van der Waals surface area (Å²) in [4.78, 5) is 4.55. The molecule has 0 fully saturated rings. The fraction of sp³-hybridized carbons (Fsp3) is 0.462. The van der Waals surface area contributed by atoms with E-state index in [1.165, 1.54) is 9.99 Å². The summed E-state index contributed by atoms with van der Waals surface area (Å²) >= 11 is 4.19. The van der Waals surface area contributed by atoms with Crippen LogP contribution in [0.2, 0.25) is 0 Å². The van der Waals surface area contributed by atoms with Crippen molar-refractivity contribution in [3.63, 3.8) is 0 Å². The smallest absolute Gasteiger partial charge is 0.161 e. The van der Waals surface area contributed by atoms with Crippen LogP contribution in [0.5, 0.6) is 0 Å². The van der Waals surface area contributed by atoms with Crippen molar-refractivity contribution < 1.29 is 0 Å². The van der Waals surface area contributed by atoms with E-state index in [4.69, 9.17) is 0 Å². The van der Waals surface area contributed by atoms with Gasteiger partial charge in [-0.25, -0.2) is 0 Å². The molecule has 1 aromatic rings. The zero-order chi connectivity index (χ0) is 12.3. The summed E-state index contributed by atoms with van der Waals surface area (Å²) in [6.45, 7) is 5.49. The SMILES string of the molecule is CC(C)CC1CN=C(Nc2ccc(I)cc2)S1. The Labute approximate surface area is 121 Å². The molecule has 0 aromatic heterocycles. The summed E-state index contributed by atoms with van der Waals surface area (Å²) in [7, 11) is 0. The maximum absolute atomic E-state index is 4.55. The Bertz CT molecular complexity index is 400. The van der Waals surface area contributed by atoms with Gasteiger partial charge in [-0.3, -0.25) is 4.99 Å². The van der Waals surface area contributed by atoms with Gasteiger partial charge in [0, 0.05) is 14.5 Å². The lowest BCUT2D eigenvalue weighted by Crippen LogP contribution is -2.09. The molecule has 0 saturated carbocycles. The number of amidine groups is 1. The van der Waals surface area contributed by atoms with Crippen LogP contribution in [0, 0.1) is 9.49 Å². The number of halogens is 1. The van der Waals surface area contributed by atoms with E-state index >= 15 is 0 Å². The van der Waals surface area contributed by atoms with Crippen molar-refractivity contribution in [2.75, 3.05) is 11.9 Å². The van der Waals surface area contributed by atoms with Gasteiger partial charge in [-0.2, -0.15) is 0 Å². The molecule has 1 aliphatic heterocycles. The van der Waals surface area contributed by atoms with Gasteiger partial charge in [0.05, 0.1) is 6.54 Å². The standard InChI is InChI=1S/C13H17IN2S/c1-9(2)7-12-8-15-13(17-12)16-11-5-3-10(14)4-6-11/h3-6,9,12H,7-8H2,1-2H3,(H,15,16). The molecule has 0 bridgehead atoms. The molecule has 0 amide bonds. The summed E-state index contributed by atoms with van der Waals surface area (Å²) in [5, 5.41) is 5.10. The molecule has 1 heterocycles. The number of nitrogens with one attached hydrogen (secondary N) is 1. The van der Waals surface area contributed by atoms with Gasteiger partial charge in [-0.15, -0.1) is 0 Å². The average Bonchev–Trinajstić information content (AvgIpc) is 2.68. The highest BCUT2D eigenvalue weighted by Gasteiger charge is 2.20. The Hall–Kier alpha value is -0.230. The summed E-state index contributed by atoms with van der Waals surface area (Å²) in [6, 6.07) is 8.41. The zero-order valence-corrected chi connectivity index (χ0v) is 13.1. The number of hydrogen-bond acceptors (Lipinski definition) is 3. The maximum Gasteiger partial charge on any atom is 0.161 e. The lowest BCUT2D eigenvalue weighted by Gasteiger charge is -2.11. The minimum absolute atomic E-state index is 0.654. The van der Waals surface area contributed by atoms with Gasteiger partial charge in [0.2, 0.25) is 0 Å². The maximum atomic E-state index is 4.55. The van der Waals surface area contributed by atoms with E-state index < -0.39 is 0 Å². The highest BCUT2D eigenvalue weighted by atomic mass is 127. The van der Waals surface area contributed by atoms with Crippen molar-refractivity contribution in [3.8, 4) is 0 Å². The van der Waals surface area contributed by atoms with Crippen LogP contribution >= 0.6 is 34.4 Å². The Kier molecular flexibility index (Phi) is 4.73. The third-order valence-corrected chi connectivity index (χ3v) is 4.40. The molecule has 0 aliphatic carbocycles. The first-order chi connectivity index (χ1) is 8.13. The van der Waals surface area contributed by atoms with Crippen molar-refractivity contribution in [3.05, 3.63) is 27.8 Å². The molecule has 1 N–H and O–H groups in total. The molecule has 0 spiro atoms. The fourth-order valence-electron chi connectivity index (χ4n) is 1.79. The van der Waals surface area contributed by atoms with E-state index in [9.17, 15) is 0 Å². The van der Waals surface area contributed by atoms with E-state index in [-0.39, 0.29) is 0 Å². The topological polar surface area (TPSA) is 24.4 Å². The second kappa shape index (κ2) is 6.09. The first kappa shape index (κ1) is 13.2. The Morgan fingerprint density at radius 2 is 2.12 bits per heavy atom. The predicted molar refractivity (Wildman–Crippen MR) is 85.9 cm³/mol. The summed E-state index contributed by atoms with van der Waals surface area (Å²) in [6.07, 6.45) is 1.24. The van der Waals surface area contributed by atoms with Gasteiger partial charge < -0.3 is 5.32 Å². The average molecular weight is 360 g/mol. The third-order valence-electron chi connectivity index (χ3n) is 2.55. The van der Waals surface area contributed by atoms with Crippen molar-refractivity contribution in [2.45, 2.75) is 25.5 Å². The molecule has 0 radical (unpaired) electrons. The van der Waals surface area contributed by atoms with Gasteiger partial charge >= 0.3 is 0 Å². The molecule has 92 valence electrons. The second-order valence-electron chi connectivity index (χ2n) is 4.65. The molecular formula is C13H17IN2S. The molecule has 1 aromatic carbocycles. The minimum atomic E-state index is 0.654. The molecule has 2 rings (SSSR count). The Balaban J connectivity index is 1.87. The molecule has 2 nitrogen and oxygen atoms in total. The molecule has 17 heavy (non-hydrogen) atoms. The summed E-state index contributed by atoms with van der Waals surface area (Å²) < 4.78 is 1.26. The van der Waals surface area contributed by atoms with Crippen molar-refractivity contribution in [2.24, 2.45) is 10.9 Å². The Morgan fingerprint density at radius 1 is 1.41 bits per heavy atom. The molecule has 0 saturated heterocycles. The monoisotopic (exact) mass is 360 g/mol. The third kappa shape index (κ3) is 4.17. The van der Waals surface area contributed by atoms with Gasteiger partial charge in [0.15, 0.2) is 5.17 Å². The van der Waals surface area contributed by atoms with Crippen molar-refractivity contribution >= 4 is 45.2 Å². The quantitative estimate of drug-likeness (QED) is 0.817. The largest absolute Gasteiger partial charge is 0.335 e. The van der Waals surface area contributed by atoms with Gasteiger partial charge in [-0.1, -0.05) is 25.6 Å². The van der Waals surface area contributed by atoms with Crippen LogP contribution in [-0.2, 0) is 0 Å². The van der Waals surface area contributed by atoms with Crippen LogP contribution in [0.25, 0.3) is 0 Å². The van der Waals surface area contributed by atoms with E-state index in [1.807, 2.05) is 11.8 Å². The number of hydrogen-bond donors (Lipinski definition) is 1. The van der Waals surface area contributed by atoms with Gasteiger partial charge in [-0.05, 0) is 59.2 Å². The predicted octanol–water partition coefficient (Wildman–Crippen LogP) is 4.22.